The fraction of sp³-hybridized carbons (Fsp3) is 0.167. The van der Waals surface area contributed by atoms with Gasteiger partial charge in [0, 0.05) is 5.56 Å². The van der Waals surface area contributed by atoms with E-state index in [1.54, 1.807) is 67.8 Å². The molecule has 0 radical (unpaired) electrons. The number of anilines is 1. The van der Waals surface area contributed by atoms with E-state index in [2.05, 4.69) is 10.5 Å². The number of hydrogen-bond donors (Lipinski definition) is 1. The second-order valence-corrected chi connectivity index (χ2v) is 10.0. The molecule has 35 heavy (non-hydrogen) atoms. The number of ether oxygens (including phenoxy) is 2. The Kier molecular flexibility index (Phi) is 8.61. The normalized spacial score (nSPS) is 11.3. The Bertz CT molecular complexity index is 1350. The van der Waals surface area contributed by atoms with Gasteiger partial charge in [0.2, 0.25) is 10.0 Å². The van der Waals surface area contributed by atoms with Crippen molar-refractivity contribution in [3.63, 3.8) is 0 Å². The number of carbonyl (C=O) groups excluding carboxylic acids is 1. The number of amides is 1. The van der Waals surface area contributed by atoms with Gasteiger partial charge < -0.3 is 9.47 Å². The van der Waals surface area contributed by atoms with Gasteiger partial charge in [0.1, 0.15) is 0 Å². The molecule has 8 nitrogen and oxygen atoms in total. The SMILES string of the molecule is COc1ccc(/C=N\NC(=O)c2ccc(CN(c3cccc(Cl)c3Cl)S(C)(=O)=O)cc2)cc1OC. The molecule has 0 atom stereocenters. The zero-order chi connectivity index (χ0) is 25.6. The van der Waals surface area contributed by atoms with E-state index in [1.807, 2.05) is 0 Å². The number of hydrogen-bond acceptors (Lipinski definition) is 6. The van der Waals surface area contributed by atoms with Crippen molar-refractivity contribution in [2.24, 2.45) is 5.10 Å². The minimum Gasteiger partial charge on any atom is -0.493 e. The molecule has 0 heterocycles. The number of hydrazone groups is 1. The number of rotatable bonds is 9. The summed E-state index contributed by atoms with van der Waals surface area (Å²) in [6, 6.07) is 16.5. The van der Waals surface area contributed by atoms with E-state index < -0.39 is 15.9 Å². The molecule has 184 valence electrons. The molecule has 1 amide bonds. The van der Waals surface area contributed by atoms with Crippen LogP contribution in [-0.4, -0.2) is 41.0 Å². The number of nitrogens with one attached hydrogen (secondary N) is 1. The van der Waals surface area contributed by atoms with Gasteiger partial charge in [-0.05, 0) is 53.6 Å². The largest absolute Gasteiger partial charge is 0.493 e. The molecular weight excluding hydrogens is 513 g/mol. The molecule has 11 heteroatoms. The number of nitrogens with zero attached hydrogens (tertiary/aromatic N) is 2. The van der Waals surface area contributed by atoms with Crippen molar-refractivity contribution in [3.05, 3.63) is 87.4 Å². The van der Waals surface area contributed by atoms with E-state index in [0.717, 1.165) is 10.6 Å². The van der Waals surface area contributed by atoms with Gasteiger partial charge in [0.05, 0.1) is 49.0 Å². The van der Waals surface area contributed by atoms with Crippen LogP contribution >= 0.6 is 23.2 Å². The van der Waals surface area contributed by atoms with Crippen LogP contribution in [0.15, 0.2) is 65.8 Å². The third-order valence-electron chi connectivity index (χ3n) is 4.93. The monoisotopic (exact) mass is 535 g/mol. The minimum atomic E-state index is -3.65. The average Bonchev–Trinajstić information content (AvgIpc) is 2.84. The number of benzene rings is 3. The molecule has 1 N–H and O–H groups in total. The van der Waals surface area contributed by atoms with Crippen molar-refractivity contribution in [2.45, 2.75) is 6.54 Å². The van der Waals surface area contributed by atoms with Crippen LogP contribution in [0, 0.1) is 0 Å². The highest BCUT2D eigenvalue weighted by atomic mass is 35.5. The first-order valence-corrected chi connectivity index (χ1v) is 12.8. The van der Waals surface area contributed by atoms with Crippen molar-refractivity contribution in [1.29, 1.82) is 0 Å². The highest BCUT2D eigenvalue weighted by Gasteiger charge is 2.21. The zero-order valence-corrected chi connectivity index (χ0v) is 21.5. The van der Waals surface area contributed by atoms with Crippen molar-refractivity contribution >= 4 is 51.0 Å². The second-order valence-electron chi connectivity index (χ2n) is 7.35. The van der Waals surface area contributed by atoms with Crippen LogP contribution in [0.5, 0.6) is 11.5 Å². The van der Waals surface area contributed by atoms with Crippen LogP contribution in [0.1, 0.15) is 21.5 Å². The molecule has 0 saturated carbocycles. The zero-order valence-electron chi connectivity index (χ0n) is 19.2. The van der Waals surface area contributed by atoms with Crippen LogP contribution in [0.4, 0.5) is 5.69 Å². The third-order valence-corrected chi connectivity index (χ3v) is 6.87. The maximum absolute atomic E-state index is 12.4. The molecule has 0 fully saturated rings. The predicted octanol–water partition coefficient (Wildman–Crippen LogP) is 4.74. The molecule has 0 spiro atoms. The molecule has 0 saturated heterocycles. The summed E-state index contributed by atoms with van der Waals surface area (Å²) in [5.74, 6) is 0.701. The smallest absolute Gasteiger partial charge is 0.271 e. The molecule has 0 aliphatic carbocycles. The summed E-state index contributed by atoms with van der Waals surface area (Å²) in [7, 11) is -0.580. The molecule has 0 aliphatic rings. The number of halogens is 2. The van der Waals surface area contributed by atoms with Gasteiger partial charge in [-0.3, -0.25) is 9.10 Å². The molecule has 3 rings (SSSR count). The number of methoxy groups -OCH3 is 2. The average molecular weight is 536 g/mol. The van der Waals surface area contributed by atoms with Gasteiger partial charge >= 0.3 is 0 Å². The molecule has 0 bridgehead atoms. The highest BCUT2D eigenvalue weighted by molar-refractivity contribution is 7.92. The van der Waals surface area contributed by atoms with Crippen molar-refractivity contribution in [3.8, 4) is 11.5 Å². The summed E-state index contributed by atoms with van der Waals surface area (Å²) >= 11 is 12.3. The molecule has 0 aliphatic heterocycles. The van der Waals surface area contributed by atoms with Crippen LogP contribution in [0.25, 0.3) is 0 Å². The Labute approximate surface area is 214 Å². The Hall–Kier alpha value is -3.27. The maximum Gasteiger partial charge on any atom is 0.271 e. The first kappa shape index (κ1) is 26.3. The van der Waals surface area contributed by atoms with Gasteiger partial charge in [0.15, 0.2) is 11.5 Å². The van der Waals surface area contributed by atoms with Gasteiger partial charge in [-0.25, -0.2) is 13.8 Å². The Balaban J connectivity index is 1.70. The molecule has 0 unspecified atom stereocenters. The van der Waals surface area contributed by atoms with Crippen LogP contribution < -0.4 is 19.2 Å². The minimum absolute atomic E-state index is 0.0122. The van der Waals surface area contributed by atoms with Crippen LogP contribution in [-0.2, 0) is 16.6 Å². The summed E-state index contributed by atoms with van der Waals surface area (Å²) in [4.78, 5) is 12.4. The Morgan fingerprint density at radius 2 is 1.71 bits per heavy atom. The maximum atomic E-state index is 12.4. The molecule has 0 aromatic heterocycles. The van der Waals surface area contributed by atoms with Crippen LogP contribution in [0.3, 0.4) is 0 Å². The van der Waals surface area contributed by atoms with Gasteiger partial charge in [0.25, 0.3) is 5.91 Å². The van der Waals surface area contributed by atoms with Crippen molar-refractivity contribution < 1.29 is 22.7 Å². The summed E-state index contributed by atoms with van der Waals surface area (Å²) in [5.41, 5.74) is 4.44. The number of sulfonamides is 1. The first-order chi connectivity index (χ1) is 16.6. The van der Waals surface area contributed by atoms with E-state index in [9.17, 15) is 13.2 Å². The van der Waals surface area contributed by atoms with E-state index in [1.165, 1.54) is 13.3 Å². The summed E-state index contributed by atoms with van der Waals surface area (Å²) in [6.45, 7) is 0.0122. The lowest BCUT2D eigenvalue weighted by Gasteiger charge is -2.24. The summed E-state index contributed by atoms with van der Waals surface area (Å²) in [5, 5.41) is 4.36. The molecular formula is C24H23Cl2N3O5S. The standard InChI is InChI=1S/C24H23Cl2N3O5S/c1-33-21-12-9-17(13-22(21)34-2)14-27-28-24(30)18-10-7-16(8-11-18)15-29(35(3,31)32)20-6-4-5-19(25)23(20)26/h4-14H,15H2,1-3H3,(H,28,30)/b27-14-. The quantitative estimate of drug-likeness (QED) is 0.315. The van der Waals surface area contributed by atoms with E-state index in [0.29, 0.717) is 28.2 Å². The van der Waals surface area contributed by atoms with Crippen molar-refractivity contribution in [2.75, 3.05) is 24.8 Å². The fourth-order valence-electron chi connectivity index (χ4n) is 3.16. The van der Waals surface area contributed by atoms with Crippen LogP contribution in [0.2, 0.25) is 10.0 Å². The van der Waals surface area contributed by atoms with Gasteiger partial charge in [-0.1, -0.05) is 41.4 Å². The van der Waals surface area contributed by atoms with Crippen molar-refractivity contribution in [1.82, 2.24) is 5.43 Å². The van der Waals surface area contributed by atoms with E-state index in [-0.39, 0.29) is 22.3 Å². The third kappa shape index (κ3) is 6.66. The lowest BCUT2D eigenvalue weighted by molar-refractivity contribution is 0.0955. The van der Waals surface area contributed by atoms with E-state index >= 15 is 0 Å². The lowest BCUT2D eigenvalue weighted by atomic mass is 10.1. The lowest BCUT2D eigenvalue weighted by Crippen LogP contribution is -2.29. The number of carbonyl (C=O) groups is 1. The topological polar surface area (TPSA) is 97.3 Å². The second kappa shape index (κ2) is 11.4. The fourth-order valence-corrected chi connectivity index (χ4v) is 4.50. The summed E-state index contributed by atoms with van der Waals surface area (Å²) < 4.78 is 36.4. The predicted molar refractivity (Wildman–Crippen MR) is 139 cm³/mol. The molecule has 3 aromatic rings. The Morgan fingerprint density at radius 3 is 2.34 bits per heavy atom. The molecule has 3 aromatic carbocycles. The summed E-state index contributed by atoms with van der Waals surface area (Å²) in [6.07, 6.45) is 2.56. The van der Waals surface area contributed by atoms with Gasteiger partial charge in [-0.2, -0.15) is 5.10 Å². The van der Waals surface area contributed by atoms with E-state index in [4.69, 9.17) is 32.7 Å². The Morgan fingerprint density at radius 1 is 1.03 bits per heavy atom. The van der Waals surface area contributed by atoms with Gasteiger partial charge in [-0.15, -0.1) is 0 Å². The highest BCUT2D eigenvalue weighted by Crippen LogP contribution is 2.34. The first-order valence-electron chi connectivity index (χ1n) is 10.2.